The molecule has 1 N–H and O–H groups in total. The van der Waals surface area contributed by atoms with Gasteiger partial charge in [0.25, 0.3) is 0 Å². The van der Waals surface area contributed by atoms with E-state index in [4.69, 9.17) is 0 Å². The molecule has 1 aliphatic carbocycles. The minimum absolute atomic E-state index is 0.583. The summed E-state index contributed by atoms with van der Waals surface area (Å²) in [4.78, 5) is 0. The van der Waals surface area contributed by atoms with E-state index in [9.17, 15) is 10.4 Å². The summed E-state index contributed by atoms with van der Waals surface area (Å²) in [7, 11) is 0. The van der Waals surface area contributed by atoms with Crippen LogP contribution < -0.4 is 0 Å². The van der Waals surface area contributed by atoms with Crippen molar-refractivity contribution in [3.63, 3.8) is 0 Å². The van der Waals surface area contributed by atoms with Gasteiger partial charge in [0.05, 0.1) is 11.5 Å². The topological polar surface area (TPSA) is 44.0 Å². The summed E-state index contributed by atoms with van der Waals surface area (Å²) in [5.41, 5.74) is 0.493. The monoisotopic (exact) mass is 229 g/mol. The van der Waals surface area contributed by atoms with E-state index in [0.717, 1.165) is 31.2 Å². The summed E-state index contributed by atoms with van der Waals surface area (Å²) in [5, 5.41) is 20.0. The number of hydrogen-bond acceptors (Lipinski definition) is 2. The highest BCUT2D eigenvalue weighted by Crippen LogP contribution is 2.53. The molecule has 1 aromatic carbocycles. The smallest absolute Gasteiger partial charge is 0.105 e. The predicted octanol–water partition coefficient (Wildman–Crippen LogP) is 3.15. The van der Waals surface area contributed by atoms with E-state index >= 15 is 0 Å². The maximum Gasteiger partial charge on any atom is 0.105 e. The van der Waals surface area contributed by atoms with Gasteiger partial charge in [0.15, 0.2) is 0 Å². The molecular weight excluding hydrogens is 210 g/mol. The van der Waals surface area contributed by atoms with Crippen LogP contribution in [0.25, 0.3) is 0 Å². The van der Waals surface area contributed by atoms with Crippen molar-refractivity contribution in [1.29, 1.82) is 5.26 Å². The predicted molar refractivity (Wildman–Crippen MR) is 67.3 cm³/mol. The van der Waals surface area contributed by atoms with Gasteiger partial charge in [-0.05, 0) is 37.3 Å². The Bertz CT molecular complexity index is 435. The second kappa shape index (κ2) is 4.16. The van der Waals surface area contributed by atoms with Crippen LogP contribution in [-0.2, 0) is 12.0 Å². The minimum Gasteiger partial charge on any atom is -0.384 e. The van der Waals surface area contributed by atoms with Gasteiger partial charge in [0.1, 0.15) is 5.60 Å². The third kappa shape index (κ3) is 1.75. The van der Waals surface area contributed by atoms with Crippen molar-refractivity contribution in [2.24, 2.45) is 5.41 Å². The molecule has 1 atom stereocenters. The molecule has 0 amide bonds. The SMILES string of the molecule is CCc1ccc(C(C)(O)C2(C#N)CCC2)cc1. The number of hydrogen-bond donors (Lipinski definition) is 1. The fraction of sp³-hybridized carbons (Fsp3) is 0.533. The first kappa shape index (κ1) is 12.1. The molecule has 1 aromatic rings. The van der Waals surface area contributed by atoms with E-state index in [2.05, 4.69) is 13.0 Å². The Hall–Kier alpha value is -1.33. The number of nitrogens with zero attached hydrogens (tertiary/aromatic N) is 1. The van der Waals surface area contributed by atoms with Crippen molar-refractivity contribution in [2.45, 2.75) is 45.1 Å². The third-order valence-corrected chi connectivity index (χ3v) is 4.28. The molecule has 17 heavy (non-hydrogen) atoms. The lowest BCUT2D eigenvalue weighted by molar-refractivity contribution is -0.0858. The summed E-state index contributed by atoms with van der Waals surface area (Å²) in [6, 6.07) is 10.3. The zero-order chi connectivity index (χ0) is 12.5. The standard InChI is InChI=1S/C15H19NO/c1-3-12-5-7-13(8-6-12)14(2,17)15(11-16)9-4-10-15/h5-8,17H,3-4,9-10H2,1-2H3. The molecular formula is C15H19NO. The van der Waals surface area contributed by atoms with E-state index in [-0.39, 0.29) is 0 Å². The van der Waals surface area contributed by atoms with Crippen LogP contribution in [0.2, 0.25) is 0 Å². The maximum absolute atomic E-state index is 10.7. The van der Waals surface area contributed by atoms with Crippen LogP contribution in [0, 0.1) is 16.7 Å². The zero-order valence-corrected chi connectivity index (χ0v) is 10.5. The molecule has 0 aromatic heterocycles. The van der Waals surface area contributed by atoms with Crippen LogP contribution in [0.5, 0.6) is 0 Å². The number of benzene rings is 1. The molecule has 1 fully saturated rings. The molecule has 2 rings (SSSR count). The van der Waals surface area contributed by atoms with Crippen molar-refractivity contribution in [2.75, 3.05) is 0 Å². The summed E-state index contributed by atoms with van der Waals surface area (Å²) >= 11 is 0. The van der Waals surface area contributed by atoms with Gasteiger partial charge in [-0.15, -0.1) is 0 Å². The highest BCUT2D eigenvalue weighted by molar-refractivity contribution is 5.32. The highest BCUT2D eigenvalue weighted by atomic mass is 16.3. The summed E-state index contributed by atoms with van der Waals surface area (Å²) in [6.07, 6.45) is 3.63. The molecule has 2 heteroatoms. The van der Waals surface area contributed by atoms with E-state index in [1.807, 2.05) is 24.3 Å². The van der Waals surface area contributed by atoms with E-state index in [1.54, 1.807) is 6.92 Å². The average molecular weight is 229 g/mol. The van der Waals surface area contributed by atoms with Gasteiger partial charge in [0.2, 0.25) is 0 Å². The highest BCUT2D eigenvalue weighted by Gasteiger charge is 2.52. The van der Waals surface area contributed by atoms with Gasteiger partial charge in [-0.3, -0.25) is 0 Å². The minimum atomic E-state index is -1.04. The van der Waals surface area contributed by atoms with Gasteiger partial charge in [-0.2, -0.15) is 5.26 Å². The quantitative estimate of drug-likeness (QED) is 0.865. The molecule has 0 radical (unpaired) electrons. The Balaban J connectivity index is 2.34. The first-order valence-electron chi connectivity index (χ1n) is 6.29. The van der Waals surface area contributed by atoms with Gasteiger partial charge in [-0.25, -0.2) is 0 Å². The van der Waals surface area contributed by atoms with Crippen LogP contribution in [0.15, 0.2) is 24.3 Å². The van der Waals surface area contributed by atoms with Crippen LogP contribution >= 0.6 is 0 Å². The molecule has 0 bridgehead atoms. The Morgan fingerprint density at radius 3 is 2.29 bits per heavy atom. The van der Waals surface area contributed by atoms with Crippen LogP contribution in [0.4, 0.5) is 0 Å². The van der Waals surface area contributed by atoms with Crippen molar-refractivity contribution >= 4 is 0 Å². The van der Waals surface area contributed by atoms with Gasteiger partial charge in [0, 0.05) is 0 Å². The van der Waals surface area contributed by atoms with Crippen molar-refractivity contribution in [1.82, 2.24) is 0 Å². The number of aryl methyl sites for hydroxylation is 1. The second-order valence-electron chi connectivity index (χ2n) is 5.17. The Labute approximate surface area is 103 Å². The lowest BCUT2D eigenvalue weighted by Crippen LogP contribution is -2.47. The first-order chi connectivity index (χ1) is 8.05. The fourth-order valence-corrected chi connectivity index (χ4v) is 2.58. The Kier molecular flexibility index (Phi) is 2.97. The van der Waals surface area contributed by atoms with Gasteiger partial charge in [-0.1, -0.05) is 37.6 Å². The normalized spacial score (nSPS) is 21.1. The summed E-state index contributed by atoms with van der Waals surface area (Å²) < 4.78 is 0. The van der Waals surface area contributed by atoms with Crippen molar-refractivity contribution in [3.8, 4) is 6.07 Å². The van der Waals surface area contributed by atoms with Crippen molar-refractivity contribution in [3.05, 3.63) is 35.4 Å². The Morgan fingerprint density at radius 2 is 1.94 bits per heavy atom. The van der Waals surface area contributed by atoms with E-state index in [0.29, 0.717) is 0 Å². The van der Waals surface area contributed by atoms with Gasteiger partial charge < -0.3 is 5.11 Å². The molecule has 2 nitrogen and oxygen atoms in total. The molecule has 0 heterocycles. The number of nitriles is 1. The average Bonchev–Trinajstić information content (AvgIpc) is 2.28. The number of aliphatic hydroxyl groups is 1. The van der Waals surface area contributed by atoms with E-state index in [1.165, 1.54) is 5.56 Å². The zero-order valence-electron chi connectivity index (χ0n) is 10.5. The Morgan fingerprint density at radius 1 is 1.35 bits per heavy atom. The molecule has 0 spiro atoms. The summed E-state index contributed by atoms with van der Waals surface area (Å²) in [6.45, 7) is 3.88. The molecule has 90 valence electrons. The lowest BCUT2D eigenvalue weighted by atomic mass is 9.58. The molecule has 1 saturated carbocycles. The van der Waals surface area contributed by atoms with Crippen molar-refractivity contribution < 1.29 is 5.11 Å². The maximum atomic E-state index is 10.7. The number of rotatable bonds is 3. The molecule has 1 unspecified atom stereocenters. The first-order valence-corrected chi connectivity index (χ1v) is 6.29. The van der Waals surface area contributed by atoms with Crippen LogP contribution in [-0.4, -0.2) is 5.11 Å². The second-order valence-corrected chi connectivity index (χ2v) is 5.17. The molecule has 0 aliphatic heterocycles. The summed E-state index contributed by atoms with van der Waals surface area (Å²) in [5.74, 6) is 0. The van der Waals surface area contributed by atoms with Crippen LogP contribution in [0.3, 0.4) is 0 Å². The van der Waals surface area contributed by atoms with Crippen LogP contribution in [0.1, 0.15) is 44.2 Å². The fourth-order valence-electron chi connectivity index (χ4n) is 2.58. The van der Waals surface area contributed by atoms with E-state index < -0.39 is 11.0 Å². The third-order valence-electron chi connectivity index (χ3n) is 4.28. The van der Waals surface area contributed by atoms with Gasteiger partial charge >= 0.3 is 0 Å². The molecule has 1 aliphatic rings. The molecule has 0 saturated heterocycles. The lowest BCUT2D eigenvalue weighted by Gasteiger charge is -2.46. The largest absolute Gasteiger partial charge is 0.384 e.